The standard InChI is InChI=1S/C49H47ClN8O7S/c1-49(2)15-13-35(42(26-49)31-7-9-36(50)10-8-31)29-56-17-19-57(20-18-56)38-11-12-41(44(23-38)65-39-22-33-14-16-52-47(33)53-28-39)48(59)55-66(62,63)40-24-43(58(60)61)46-45(25-40)64-30-37(54-46)21-32-5-3-4-6-34(32)27-51/h3-12,14,16,22-25,28,37,54H,13,15,17-21,26,29-30H2,1-2H3,(H,52,53)(H,55,59). The summed E-state index contributed by atoms with van der Waals surface area (Å²) in [5.74, 6) is -0.655. The first kappa shape index (κ1) is 44.3. The van der Waals surface area contributed by atoms with E-state index >= 15 is 0 Å². The van der Waals surface area contributed by atoms with E-state index in [1.165, 1.54) is 29.0 Å². The quantitative estimate of drug-likeness (QED) is 0.0779. The Morgan fingerprint density at radius 2 is 1.85 bits per heavy atom. The van der Waals surface area contributed by atoms with Crippen LogP contribution in [0.3, 0.4) is 0 Å². The van der Waals surface area contributed by atoms with Gasteiger partial charge in [0.15, 0.2) is 11.4 Å². The predicted molar refractivity (Wildman–Crippen MR) is 253 cm³/mol. The molecule has 338 valence electrons. The first-order valence-electron chi connectivity index (χ1n) is 21.7. The van der Waals surface area contributed by atoms with Crippen molar-refractivity contribution < 1.29 is 27.6 Å². The van der Waals surface area contributed by atoms with E-state index in [1.807, 2.05) is 18.2 Å². The zero-order valence-corrected chi connectivity index (χ0v) is 37.9. The molecule has 15 nitrogen and oxygen atoms in total. The average molecular weight is 927 g/mol. The van der Waals surface area contributed by atoms with Crippen LogP contribution in [-0.2, 0) is 16.4 Å². The van der Waals surface area contributed by atoms with Crippen LogP contribution in [-0.4, -0.2) is 79.5 Å². The number of nitro benzene ring substituents is 1. The van der Waals surface area contributed by atoms with E-state index in [1.54, 1.807) is 48.7 Å². The number of allylic oxidation sites excluding steroid dienone is 1. The molecule has 6 aromatic rings. The van der Waals surface area contributed by atoms with Crippen molar-refractivity contribution in [2.75, 3.05) is 49.5 Å². The Hall–Kier alpha value is -6.93. The number of carbonyl (C=O) groups is 1. The summed E-state index contributed by atoms with van der Waals surface area (Å²) in [4.78, 5) is 37.3. The second kappa shape index (κ2) is 18.2. The number of nitrogens with one attached hydrogen (secondary N) is 3. The fourth-order valence-corrected chi connectivity index (χ4v) is 10.1. The third-order valence-electron chi connectivity index (χ3n) is 12.5. The van der Waals surface area contributed by atoms with Crippen LogP contribution in [0.15, 0.2) is 114 Å². The van der Waals surface area contributed by atoms with Crippen LogP contribution in [0.4, 0.5) is 17.1 Å². The number of aromatic nitrogens is 2. The number of nitro groups is 1. The molecule has 17 heteroatoms. The molecule has 1 atom stereocenters. The smallest absolute Gasteiger partial charge is 0.297 e. The van der Waals surface area contributed by atoms with Crippen LogP contribution in [0, 0.1) is 26.9 Å². The molecule has 2 aliphatic heterocycles. The summed E-state index contributed by atoms with van der Waals surface area (Å²) < 4.78 is 42.2. The molecular weight excluding hydrogens is 880 g/mol. The first-order chi connectivity index (χ1) is 31.7. The number of amides is 1. The van der Waals surface area contributed by atoms with Crippen LogP contribution in [0.1, 0.15) is 60.2 Å². The van der Waals surface area contributed by atoms with Crippen molar-refractivity contribution in [1.82, 2.24) is 19.6 Å². The number of pyridine rings is 1. The molecule has 66 heavy (non-hydrogen) atoms. The third-order valence-corrected chi connectivity index (χ3v) is 14.1. The van der Waals surface area contributed by atoms with Gasteiger partial charge in [0.05, 0.1) is 39.3 Å². The highest BCUT2D eigenvalue weighted by Crippen LogP contribution is 2.44. The number of hydrogen-bond acceptors (Lipinski definition) is 12. The number of fused-ring (bicyclic) bond motifs is 2. The number of hydrogen-bond donors (Lipinski definition) is 3. The van der Waals surface area contributed by atoms with Crippen LogP contribution >= 0.6 is 11.6 Å². The van der Waals surface area contributed by atoms with Crippen molar-refractivity contribution in [3.63, 3.8) is 0 Å². The molecule has 0 radical (unpaired) electrons. The molecule has 1 aliphatic carbocycles. The van der Waals surface area contributed by atoms with Crippen molar-refractivity contribution in [3.05, 3.63) is 146 Å². The number of rotatable bonds is 12. The van der Waals surface area contributed by atoms with Gasteiger partial charge in [0, 0.05) is 73.2 Å². The van der Waals surface area contributed by atoms with E-state index < -0.39 is 37.5 Å². The number of halogens is 1. The van der Waals surface area contributed by atoms with Crippen molar-refractivity contribution in [2.24, 2.45) is 5.41 Å². The lowest BCUT2D eigenvalue weighted by Gasteiger charge is -2.39. The van der Waals surface area contributed by atoms with Gasteiger partial charge >= 0.3 is 0 Å². The Morgan fingerprint density at radius 3 is 2.62 bits per heavy atom. The minimum Gasteiger partial charge on any atom is -0.489 e. The van der Waals surface area contributed by atoms with Crippen molar-refractivity contribution in [3.8, 4) is 23.3 Å². The molecule has 3 aliphatic rings. The second-order valence-corrected chi connectivity index (χ2v) is 19.8. The summed E-state index contributed by atoms with van der Waals surface area (Å²) >= 11 is 6.25. The zero-order chi connectivity index (χ0) is 46.2. The monoisotopic (exact) mass is 926 g/mol. The Kier molecular flexibility index (Phi) is 12.2. The number of sulfonamides is 1. The predicted octanol–water partition coefficient (Wildman–Crippen LogP) is 9.11. The third kappa shape index (κ3) is 9.55. The number of H-pyrrole nitrogens is 1. The maximum Gasteiger partial charge on any atom is 0.297 e. The minimum absolute atomic E-state index is 0.00567. The molecule has 1 saturated heterocycles. The highest BCUT2D eigenvalue weighted by molar-refractivity contribution is 7.90. The van der Waals surface area contributed by atoms with Gasteiger partial charge in [-0.25, -0.2) is 18.1 Å². The lowest BCUT2D eigenvalue weighted by molar-refractivity contribution is -0.384. The molecule has 1 amide bonds. The summed E-state index contributed by atoms with van der Waals surface area (Å²) in [5, 5.41) is 26.5. The number of nitriles is 1. The van der Waals surface area contributed by atoms with Crippen LogP contribution in [0.25, 0.3) is 16.6 Å². The highest BCUT2D eigenvalue weighted by Gasteiger charge is 2.33. The molecule has 0 saturated carbocycles. The van der Waals surface area contributed by atoms with E-state index in [9.17, 15) is 28.6 Å². The number of ether oxygens (including phenoxy) is 2. The fourth-order valence-electron chi connectivity index (χ4n) is 8.97. The van der Waals surface area contributed by atoms with Gasteiger partial charge < -0.3 is 24.7 Å². The van der Waals surface area contributed by atoms with Crippen LogP contribution in [0.5, 0.6) is 17.2 Å². The molecule has 1 unspecified atom stereocenters. The second-order valence-electron chi connectivity index (χ2n) is 17.7. The Labute approximate surface area is 387 Å². The Balaban J connectivity index is 0.945. The average Bonchev–Trinajstić information content (AvgIpc) is 3.78. The largest absolute Gasteiger partial charge is 0.489 e. The van der Waals surface area contributed by atoms with Crippen molar-refractivity contribution in [2.45, 2.75) is 50.5 Å². The van der Waals surface area contributed by atoms with E-state index in [0.717, 1.165) is 72.7 Å². The van der Waals surface area contributed by atoms with Crippen molar-refractivity contribution in [1.29, 1.82) is 5.26 Å². The molecule has 4 aromatic carbocycles. The fraction of sp³-hybridized carbons (Fsp3) is 0.286. The van der Waals surface area contributed by atoms with Gasteiger partial charge in [-0.2, -0.15) is 5.26 Å². The van der Waals surface area contributed by atoms with Gasteiger partial charge in [-0.15, -0.1) is 0 Å². The number of anilines is 2. The molecule has 0 bridgehead atoms. The molecule has 1 fully saturated rings. The van der Waals surface area contributed by atoms with Gasteiger partial charge in [-0.3, -0.25) is 19.8 Å². The SMILES string of the molecule is CC1(C)CCC(CN2CCN(c3ccc(C(=O)NS(=O)(=O)c4cc5c(c([N+](=O)[O-])c4)NC(Cc4ccccc4C#N)CO5)c(Oc4cnc5[nH]ccc5c4)c3)CC2)=C(c2ccc(Cl)cc2)C1. The lowest BCUT2D eigenvalue weighted by atomic mass is 9.72. The summed E-state index contributed by atoms with van der Waals surface area (Å²) in [5.41, 5.74) is 6.26. The van der Waals surface area contributed by atoms with Gasteiger partial charge in [0.25, 0.3) is 21.6 Å². The number of carbonyl (C=O) groups excluding carboxylic acids is 1. The van der Waals surface area contributed by atoms with Gasteiger partial charge in [-0.05, 0) is 90.3 Å². The molecular formula is C49H47ClN8O7S. The molecule has 0 spiro atoms. The molecule has 3 N–H and O–H groups in total. The molecule has 9 rings (SSSR count). The maximum atomic E-state index is 14.1. The number of nitrogens with zero attached hydrogens (tertiary/aromatic N) is 5. The van der Waals surface area contributed by atoms with Gasteiger partial charge in [0.2, 0.25) is 0 Å². The van der Waals surface area contributed by atoms with Gasteiger partial charge in [-0.1, -0.05) is 61.4 Å². The molecule has 4 heterocycles. The summed E-state index contributed by atoms with van der Waals surface area (Å²) in [7, 11) is -4.70. The topological polar surface area (TPSA) is 196 Å². The molecule has 2 aromatic heterocycles. The highest BCUT2D eigenvalue weighted by atomic mass is 35.5. The normalized spacial score (nSPS) is 17.3. The van der Waals surface area contributed by atoms with Crippen molar-refractivity contribution >= 4 is 61.2 Å². The van der Waals surface area contributed by atoms with E-state index in [2.05, 4.69) is 61.9 Å². The summed E-state index contributed by atoms with van der Waals surface area (Å²) in [6, 6.07) is 27.5. The zero-order valence-electron chi connectivity index (χ0n) is 36.3. The number of piperazine rings is 1. The summed E-state index contributed by atoms with van der Waals surface area (Å²) in [6.45, 7) is 8.56. The lowest BCUT2D eigenvalue weighted by Crippen LogP contribution is -2.47. The van der Waals surface area contributed by atoms with Crippen LogP contribution < -0.4 is 24.4 Å². The van der Waals surface area contributed by atoms with E-state index in [4.69, 9.17) is 21.1 Å². The van der Waals surface area contributed by atoms with E-state index in [-0.39, 0.29) is 34.8 Å². The van der Waals surface area contributed by atoms with Gasteiger partial charge in [0.1, 0.15) is 23.8 Å². The summed E-state index contributed by atoms with van der Waals surface area (Å²) in [6.07, 6.45) is 6.74. The van der Waals surface area contributed by atoms with Crippen LogP contribution in [0.2, 0.25) is 5.02 Å². The number of benzene rings is 4. The minimum atomic E-state index is -4.70. The maximum absolute atomic E-state index is 14.1. The Bertz CT molecular complexity index is 3050. The first-order valence-corrected chi connectivity index (χ1v) is 23.5. The Morgan fingerprint density at radius 1 is 1.06 bits per heavy atom. The number of aromatic amines is 1. The van der Waals surface area contributed by atoms with E-state index in [0.29, 0.717) is 36.5 Å².